The zero-order valence-corrected chi connectivity index (χ0v) is 6.16. The predicted molar refractivity (Wildman–Crippen MR) is 39.3 cm³/mol. The Kier molecular flexibility index (Phi) is 1.61. The van der Waals surface area contributed by atoms with Crippen molar-refractivity contribution in [2.75, 3.05) is 5.75 Å². The van der Waals surface area contributed by atoms with Crippen molar-refractivity contribution in [3.63, 3.8) is 0 Å². The molecule has 0 fully saturated rings. The normalized spacial score (nSPS) is 25.8. The topological polar surface area (TPSA) is 12.4 Å². The van der Waals surface area contributed by atoms with E-state index in [-0.39, 0.29) is 0 Å². The molecule has 0 amide bonds. The molecule has 2 heteroatoms. The van der Waals surface area contributed by atoms with Gasteiger partial charge in [-0.05, 0) is 23.8 Å². The standard InChI is InChI=1S/C6H11NS/c1-6(2)3-4-7-8-5-6/h4H,3,5H2,1-2H3. The quantitative estimate of drug-likeness (QED) is 0.456. The van der Waals surface area contributed by atoms with Crippen LogP contribution in [0.15, 0.2) is 4.40 Å². The highest BCUT2D eigenvalue weighted by molar-refractivity contribution is 7.98. The third-order valence-corrected chi connectivity index (χ3v) is 2.46. The number of hydrogen-bond donors (Lipinski definition) is 0. The van der Waals surface area contributed by atoms with E-state index < -0.39 is 0 Å². The first-order chi connectivity index (χ1) is 3.71. The van der Waals surface area contributed by atoms with Gasteiger partial charge in [0.15, 0.2) is 0 Å². The van der Waals surface area contributed by atoms with E-state index >= 15 is 0 Å². The Hall–Kier alpha value is 0.0200. The van der Waals surface area contributed by atoms with Crippen molar-refractivity contribution in [3.05, 3.63) is 0 Å². The molecule has 1 nitrogen and oxygen atoms in total. The van der Waals surface area contributed by atoms with Gasteiger partial charge < -0.3 is 0 Å². The van der Waals surface area contributed by atoms with Crippen LogP contribution in [0.3, 0.4) is 0 Å². The Bertz CT molecular complexity index is 107. The lowest BCUT2D eigenvalue weighted by atomic mass is 9.93. The number of hydrogen-bond acceptors (Lipinski definition) is 2. The van der Waals surface area contributed by atoms with Crippen molar-refractivity contribution >= 4 is 18.2 Å². The molecule has 1 aliphatic rings. The Morgan fingerprint density at radius 2 is 2.38 bits per heavy atom. The lowest BCUT2D eigenvalue weighted by molar-refractivity contribution is 0.446. The molecular weight excluding hydrogens is 118 g/mol. The maximum atomic E-state index is 4.06. The summed E-state index contributed by atoms with van der Waals surface area (Å²) in [6, 6.07) is 0. The summed E-state index contributed by atoms with van der Waals surface area (Å²) in [4.78, 5) is 0. The molecule has 0 aromatic carbocycles. The van der Waals surface area contributed by atoms with Crippen LogP contribution >= 0.6 is 11.9 Å². The minimum absolute atomic E-state index is 0.492. The molecule has 0 N–H and O–H groups in total. The molecule has 0 spiro atoms. The molecule has 0 aromatic rings. The third-order valence-electron chi connectivity index (χ3n) is 1.25. The van der Waals surface area contributed by atoms with Crippen molar-refractivity contribution in [2.45, 2.75) is 20.3 Å². The third kappa shape index (κ3) is 1.51. The zero-order valence-electron chi connectivity index (χ0n) is 5.35. The van der Waals surface area contributed by atoms with Gasteiger partial charge >= 0.3 is 0 Å². The summed E-state index contributed by atoms with van der Waals surface area (Å²) < 4.78 is 4.06. The SMILES string of the molecule is CC1(C)CC=NSC1. The van der Waals surface area contributed by atoms with Crippen LogP contribution in [-0.2, 0) is 0 Å². The molecule has 0 unspecified atom stereocenters. The van der Waals surface area contributed by atoms with Gasteiger partial charge in [-0.2, -0.15) is 0 Å². The van der Waals surface area contributed by atoms with Gasteiger partial charge in [-0.15, -0.1) is 0 Å². The van der Waals surface area contributed by atoms with Crippen molar-refractivity contribution in [3.8, 4) is 0 Å². The molecule has 1 rings (SSSR count). The molecule has 8 heavy (non-hydrogen) atoms. The van der Waals surface area contributed by atoms with Crippen molar-refractivity contribution < 1.29 is 0 Å². The molecule has 0 bridgehead atoms. The van der Waals surface area contributed by atoms with E-state index in [1.165, 1.54) is 5.75 Å². The molecule has 0 saturated carbocycles. The summed E-state index contributed by atoms with van der Waals surface area (Å²) in [5.74, 6) is 1.17. The van der Waals surface area contributed by atoms with Crippen molar-refractivity contribution in [2.24, 2.45) is 9.81 Å². The Labute approximate surface area is 54.7 Å². The van der Waals surface area contributed by atoms with Crippen molar-refractivity contribution in [1.29, 1.82) is 0 Å². The lowest BCUT2D eigenvalue weighted by Crippen LogP contribution is -2.17. The van der Waals surface area contributed by atoms with E-state index in [0.717, 1.165) is 6.42 Å². The van der Waals surface area contributed by atoms with Gasteiger partial charge in [-0.1, -0.05) is 13.8 Å². The van der Waals surface area contributed by atoms with Gasteiger partial charge in [0.1, 0.15) is 0 Å². The van der Waals surface area contributed by atoms with E-state index in [1.807, 2.05) is 6.21 Å². The molecule has 1 heterocycles. The zero-order chi connectivity index (χ0) is 6.04. The summed E-state index contributed by atoms with van der Waals surface area (Å²) in [5, 5.41) is 0. The molecule has 0 saturated heterocycles. The maximum absolute atomic E-state index is 4.06. The van der Waals surface area contributed by atoms with Crippen LogP contribution in [-0.4, -0.2) is 12.0 Å². The summed E-state index contributed by atoms with van der Waals surface area (Å²) in [6.45, 7) is 4.54. The van der Waals surface area contributed by atoms with Gasteiger partial charge in [0.2, 0.25) is 0 Å². The highest BCUT2D eigenvalue weighted by Crippen LogP contribution is 2.28. The van der Waals surface area contributed by atoms with Crippen LogP contribution < -0.4 is 0 Å². The lowest BCUT2D eigenvalue weighted by Gasteiger charge is -2.23. The van der Waals surface area contributed by atoms with Gasteiger partial charge in [-0.25, -0.2) is 4.40 Å². The molecule has 0 aliphatic carbocycles. The molecule has 0 aromatic heterocycles. The average molecular weight is 129 g/mol. The molecular formula is C6H11NS. The van der Waals surface area contributed by atoms with E-state index in [4.69, 9.17) is 0 Å². The first kappa shape index (κ1) is 6.14. The second-order valence-corrected chi connectivity index (χ2v) is 3.69. The molecule has 46 valence electrons. The predicted octanol–water partition coefficient (Wildman–Crippen LogP) is 2.14. The van der Waals surface area contributed by atoms with Crippen LogP contribution in [0.1, 0.15) is 20.3 Å². The molecule has 1 aliphatic heterocycles. The summed E-state index contributed by atoms with van der Waals surface area (Å²) in [7, 11) is 0. The molecule has 0 radical (unpaired) electrons. The van der Waals surface area contributed by atoms with E-state index in [0.29, 0.717) is 5.41 Å². The number of nitrogens with zero attached hydrogens (tertiary/aromatic N) is 1. The van der Waals surface area contributed by atoms with Crippen LogP contribution in [0.2, 0.25) is 0 Å². The van der Waals surface area contributed by atoms with Crippen LogP contribution in [0.5, 0.6) is 0 Å². The van der Waals surface area contributed by atoms with Gasteiger partial charge in [-0.3, -0.25) is 0 Å². The van der Waals surface area contributed by atoms with Crippen molar-refractivity contribution in [1.82, 2.24) is 0 Å². The van der Waals surface area contributed by atoms with Crippen LogP contribution in [0.4, 0.5) is 0 Å². The Balaban J connectivity index is 2.50. The summed E-state index contributed by atoms with van der Waals surface area (Å²) in [5.41, 5.74) is 0.492. The van der Waals surface area contributed by atoms with E-state index in [2.05, 4.69) is 18.2 Å². The van der Waals surface area contributed by atoms with Crippen LogP contribution in [0.25, 0.3) is 0 Å². The number of rotatable bonds is 0. The fourth-order valence-corrected chi connectivity index (χ4v) is 1.33. The Morgan fingerprint density at radius 3 is 2.62 bits per heavy atom. The summed E-state index contributed by atoms with van der Waals surface area (Å²) in [6.07, 6.45) is 3.15. The minimum Gasteiger partial charge on any atom is -0.229 e. The van der Waals surface area contributed by atoms with E-state index in [1.54, 1.807) is 11.9 Å². The fourth-order valence-electron chi connectivity index (χ4n) is 0.608. The Morgan fingerprint density at radius 1 is 1.62 bits per heavy atom. The monoisotopic (exact) mass is 129 g/mol. The summed E-state index contributed by atoms with van der Waals surface area (Å²) >= 11 is 1.67. The van der Waals surface area contributed by atoms with Crippen LogP contribution in [0, 0.1) is 5.41 Å². The highest BCUT2D eigenvalue weighted by Gasteiger charge is 2.18. The minimum atomic E-state index is 0.492. The second-order valence-electron chi connectivity index (χ2n) is 2.93. The maximum Gasteiger partial charge on any atom is 0.0208 e. The average Bonchev–Trinajstić information content (AvgIpc) is 1.65. The van der Waals surface area contributed by atoms with Gasteiger partial charge in [0.05, 0.1) is 0 Å². The molecule has 0 atom stereocenters. The first-order valence-corrected chi connectivity index (χ1v) is 3.79. The van der Waals surface area contributed by atoms with Gasteiger partial charge in [0, 0.05) is 12.0 Å². The van der Waals surface area contributed by atoms with E-state index in [9.17, 15) is 0 Å². The smallest absolute Gasteiger partial charge is 0.0208 e. The fraction of sp³-hybridized carbons (Fsp3) is 0.833. The largest absolute Gasteiger partial charge is 0.229 e. The second kappa shape index (κ2) is 2.09. The highest BCUT2D eigenvalue weighted by atomic mass is 32.2. The first-order valence-electron chi connectivity index (χ1n) is 2.84. The van der Waals surface area contributed by atoms with Gasteiger partial charge in [0.25, 0.3) is 0 Å².